The van der Waals surface area contributed by atoms with Crippen LogP contribution in [0.2, 0.25) is 5.02 Å². The van der Waals surface area contributed by atoms with E-state index in [1.165, 1.54) is 19.4 Å². The van der Waals surface area contributed by atoms with Gasteiger partial charge in [0.25, 0.3) is 0 Å². The SMILES string of the molecule is COc1cc(/C=N/NC(=O)Nc2ccccc2C)cc(Cl)c1O. The molecule has 0 spiro atoms. The van der Waals surface area contributed by atoms with Gasteiger partial charge in [0, 0.05) is 5.69 Å². The van der Waals surface area contributed by atoms with E-state index >= 15 is 0 Å². The Bertz CT molecular complexity index is 747. The summed E-state index contributed by atoms with van der Waals surface area (Å²) in [5.74, 6) is 0.0832. The van der Waals surface area contributed by atoms with E-state index in [2.05, 4.69) is 15.8 Å². The lowest BCUT2D eigenvalue weighted by molar-refractivity contribution is 0.252. The second-order valence-corrected chi connectivity index (χ2v) is 5.10. The maximum absolute atomic E-state index is 11.8. The highest BCUT2D eigenvalue weighted by Crippen LogP contribution is 2.34. The molecule has 0 aliphatic rings. The van der Waals surface area contributed by atoms with E-state index in [-0.39, 0.29) is 16.5 Å². The van der Waals surface area contributed by atoms with Crippen molar-refractivity contribution in [1.29, 1.82) is 0 Å². The molecule has 2 aromatic rings. The number of aryl methyl sites for hydroxylation is 1. The van der Waals surface area contributed by atoms with Crippen LogP contribution in [-0.2, 0) is 0 Å². The third-order valence-electron chi connectivity index (χ3n) is 3.04. The molecule has 0 saturated heterocycles. The topological polar surface area (TPSA) is 83.0 Å². The summed E-state index contributed by atoms with van der Waals surface area (Å²) >= 11 is 5.87. The van der Waals surface area contributed by atoms with E-state index in [0.717, 1.165) is 5.56 Å². The van der Waals surface area contributed by atoms with Crippen LogP contribution in [0.25, 0.3) is 0 Å². The van der Waals surface area contributed by atoms with Crippen molar-refractivity contribution in [2.24, 2.45) is 5.10 Å². The number of hydrazone groups is 1. The largest absolute Gasteiger partial charge is 0.503 e. The first-order chi connectivity index (χ1) is 11.0. The van der Waals surface area contributed by atoms with Crippen LogP contribution in [0.5, 0.6) is 11.5 Å². The number of carbonyl (C=O) groups is 1. The van der Waals surface area contributed by atoms with Crippen molar-refractivity contribution in [3.63, 3.8) is 0 Å². The van der Waals surface area contributed by atoms with Crippen molar-refractivity contribution in [3.8, 4) is 11.5 Å². The Morgan fingerprint density at radius 1 is 1.35 bits per heavy atom. The molecule has 0 aliphatic carbocycles. The molecule has 2 rings (SSSR count). The highest BCUT2D eigenvalue weighted by molar-refractivity contribution is 6.32. The third kappa shape index (κ3) is 4.37. The van der Waals surface area contributed by atoms with Gasteiger partial charge in [-0.3, -0.25) is 0 Å². The predicted molar refractivity (Wildman–Crippen MR) is 90.6 cm³/mol. The predicted octanol–water partition coefficient (Wildman–Crippen LogP) is 3.52. The molecule has 0 heterocycles. The minimum absolute atomic E-state index is 0.134. The number of halogens is 1. The molecule has 2 amide bonds. The van der Waals surface area contributed by atoms with Gasteiger partial charge in [-0.05, 0) is 36.2 Å². The highest BCUT2D eigenvalue weighted by atomic mass is 35.5. The molecule has 2 aromatic carbocycles. The zero-order chi connectivity index (χ0) is 16.8. The average molecular weight is 334 g/mol. The van der Waals surface area contributed by atoms with Crippen molar-refractivity contribution in [3.05, 3.63) is 52.5 Å². The normalized spacial score (nSPS) is 10.6. The van der Waals surface area contributed by atoms with Gasteiger partial charge in [-0.15, -0.1) is 0 Å². The van der Waals surface area contributed by atoms with E-state index in [4.69, 9.17) is 16.3 Å². The van der Waals surface area contributed by atoms with Gasteiger partial charge in [-0.2, -0.15) is 5.10 Å². The number of rotatable bonds is 4. The molecule has 0 radical (unpaired) electrons. The summed E-state index contributed by atoms with van der Waals surface area (Å²) in [7, 11) is 1.42. The lowest BCUT2D eigenvalue weighted by atomic mass is 10.2. The fourth-order valence-corrected chi connectivity index (χ4v) is 2.07. The lowest BCUT2D eigenvalue weighted by Gasteiger charge is -2.07. The van der Waals surface area contributed by atoms with Crippen LogP contribution in [0.3, 0.4) is 0 Å². The smallest absolute Gasteiger partial charge is 0.339 e. The van der Waals surface area contributed by atoms with Gasteiger partial charge in [-0.25, -0.2) is 10.2 Å². The van der Waals surface area contributed by atoms with E-state index in [0.29, 0.717) is 11.3 Å². The summed E-state index contributed by atoms with van der Waals surface area (Å²) in [6.45, 7) is 1.89. The van der Waals surface area contributed by atoms with Crippen LogP contribution in [-0.4, -0.2) is 24.5 Å². The number of amides is 2. The minimum Gasteiger partial charge on any atom is -0.503 e. The van der Waals surface area contributed by atoms with Crippen LogP contribution >= 0.6 is 11.6 Å². The Morgan fingerprint density at radius 2 is 2.09 bits per heavy atom. The molecule has 7 heteroatoms. The van der Waals surface area contributed by atoms with Crippen molar-refractivity contribution in [2.75, 3.05) is 12.4 Å². The average Bonchev–Trinajstić information content (AvgIpc) is 2.53. The summed E-state index contributed by atoms with van der Waals surface area (Å²) in [5, 5.41) is 16.3. The van der Waals surface area contributed by atoms with Gasteiger partial charge in [-0.1, -0.05) is 29.8 Å². The number of ether oxygens (including phenoxy) is 1. The van der Waals surface area contributed by atoms with Crippen LogP contribution in [0, 0.1) is 6.92 Å². The number of phenols is 1. The number of urea groups is 1. The van der Waals surface area contributed by atoms with E-state index in [1.54, 1.807) is 12.1 Å². The summed E-state index contributed by atoms with van der Waals surface area (Å²) in [6, 6.07) is 9.99. The molecule has 120 valence electrons. The molecular weight excluding hydrogens is 318 g/mol. The number of nitrogens with one attached hydrogen (secondary N) is 2. The molecule has 6 nitrogen and oxygen atoms in total. The first-order valence-corrected chi connectivity index (χ1v) is 7.11. The number of aromatic hydroxyl groups is 1. The second kappa shape index (κ2) is 7.51. The zero-order valence-corrected chi connectivity index (χ0v) is 13.4. The number of benzene rings is 2. The molecule has 23 heavy (non-hydrogen) atoms. The molecule has 3 N–H and O–H groups in total. The molecule has 0 bridgehead atoms. The quantitative estimate of drug-likeness (QED) is 0.591. The first-order valence-electron chi connectivity index (χ1n) is 6.73. The minimum atomic E-state index is -0.465. The third-order valence-corrected chi connectivity index (χ3v) is 3.33. The maximum Gasteiger partial charge on any atom is 0.339 e. The van der Waals surface area contributed by atoms with Crippen molar-refractivity contribution >= 4 is 29.5 Å². The maximum atomic E-state index is 11.8. The zero-order valence-electron chi connectivity index (χ0n) is 12.6. The Labute approximate surface area is 138 Å². The van der Waals surface area contributed by atoms with Gasteiger partial charge in [0.1, 0.15) is 0 Å². The molecule has 0 atom stereocenters. The van der Waals surface area contributed by atoms with E-state index < -0.39 is 6.03 Å². The number of nitrogens with zero attached hydrogens (tertiary/aromatic N) is 1. The Morgan fingerprint density at radius 3 is 2.78 bits per heavy atom. The van der Waals surface area contributed by atoms with Gasteiger partial charge in [0.2, 0.25) is 0 Å². The fraction of sp³-hybridized carbons (Fsp3) is 0.125. The Hall–Kier alpha value is -2.73. The molecule has 0 aliphatic heterocycles. The van der Waals surface area contributed by atoms with Gasteiger partial charge < -0.3 is 15.2 Å². The van der Waals surface area contributed by atoms with Crippen molar-refractivity contribution < 1.29 is 14.6 Å². The van der Waals surface area contributed by atoms with Crippen LogP contribution in [0.15, 0.2) is 41.5 Å². The number of hydrogen-bond acceptors (Lipinski definition) is 4. The van der Waals surface area contributed by atoms with Gasteiger partial charge in [0.15, 0.2) is 11.5 Å². The standard InChI is InChI=1S/C16H16ClN3O3/c1-10-5-3-4-6-13(10)19-16(22)20-18-9-11-7-12(17)15(21)14(8-11)23-2/h3-9,21H,1-2H3,(H2,19,20,22)/b18-9+. The van der Waals surface area contributed by atoms with E-state index in [1.807, 2.05) is 25.1 Å². The number of phenolic OH excluding ortho intramolecular Hbond substituents is 1. The molecule has 0 aromatic heterocycles. The Balaban J connectivity index is 2.00. The van der Waals surface area contributed by atoms with Crippen LogP contribution in [0.1, 0.15) is 11.1 Å². The van der Waals surface area contributed by atoms with Gasteiger partial charge >= 0.3 is 6.03 Å². The van der Waals surface area contributed by atoms with Crippen molar-refractivity contribution in [2.45, 2.75) is 6.92 Å². The number of carbonyl (C=O) groups excluding carboxylic acids is 1. The van der Waals surface area contributed by atoms with E-state index in [9.17, 15) is 9.90 Å². The molecule has 0 saturated carbocycles. The van der Waals surface area contributed by atoms with Crippen molar-refractivity contribution in [1.82, 2.24) is 5.43 Å². The molecule has 0 unspecified atom stereocenters. The number of para-hydroxylation sites is 1. The number of anilines is 1. The second-order valence-electron chi connectivity index (χ2n) is 4.69. The van der Waals surface area contributed by atoms with Crippen LogP contribution in [0.4, 0.5) is 10.5 Å². The summed E-state index contributed by atoms with van der Waals surface area (Å²) < 4.78 is 4.99. The number of methoxy groups -OCH3 is 1. The summed E-state index contributed by atoms with van der Waals surface area (Å²) in [6.07, 6.45) is 1.39. The summed E-state index contributed by atoms with van der Waals surface area (Å²) in [4.78, 5) is 11.8. The van der Waals surface area contributed by atoms with Gasteiger partial charge in [0.05, 0.1) is 18.3 Å². The highest BCUT2D eigenvalue weighted by Gasteiger charge is 2.08. The van der Waals surface area contributed by atoms with Crippen LogP contribution < -0.4 is 15.5 Å². The molecular formula is C16H16ClN3O3. The number of hydrogen-bond donors (Lipinski definition) is 3. The molecule has 0 fully saturated rings. The monoisotopic (exact) mass is 333 g/mol. The summed E-state index contributed by atoms with van der Waals surface area (Å²) in [5.41, 5.74) is 4.57. The lowest BCUT2D eigenvalue weighted by Crippen LogP contribution is -2.24. The fourth-order valence-electron chi connectivity index (χ4n) is 1.85. The first kappa shape index (κ1) is 16.6. The Kier molecular flexibility index (Phi) is 5.43.